The van der Waals surface area contributed by atoms with Crippen molar-refractivity contribution in [2.24, 2.45) is 0 Å². The molecule has 27 heavy (non-hydrogen) atoms. The SMILES string of the molecule is CSCC[C@H](NCc1cc(Br)cc(Br)c1N)C(=O)O.O=C(O)/C=C\C(=O)O. The van der Waals surface area contributed by atoms with Gasteiger partial charge >= 0.3 is 17.9 Å². The highest BCUT2D eigenvalue weighted by Crippen LogP contribution is 2.28. The second kappa shape index (κ2) is 13.6. The second-order valence-corrected chi connectivity index (χ2v) is 7.78. The average molecular weight is 528 g/mol. The van der Waals surface area contributed by atoms with E-state index in [0.29, 0.717) is 30.8 Å². The third-order valence-electron chi connectivity index (χ3n) is 3.00. The molecule has 0 fully saturated rings. The highest BCUT2D eigenvalue weighted by Gasteiger charge is 2.17. The maximum absolute atomic E-state index is 11.1. The first kappa shape index (κ1) is 25.4. The summed E-state index contributed by atoms with van der Waals surface area (Å²) in [4.78, 5) is 30.2. The molecule has 150 valence electrons. The Kier molecular flexibility index (Phi) is 12.8. The molecule has 1 rings (SSSR count). The Bertz CT molecular complexity index is 684. The fraction of sp³-hybridized carbons (Fsp3) is 0.312. The van der Waals surface area contributed by atoms with Crippen LogP contribution in [0, 0.1) is 0 Å². The minimum Gasteiger partial charge on any atom is -0.480 e. The Morgan fingerprint density at radius 3 is 2.19 bits per heavy atom. The van der Waals surface area contributed by atoms with Gasteiger partial charge in [-0.3, -0.25) is 4.79 Å². The number of carboxylic acids is 3. The van der Waals surface area contributed by atoms with Crippen molar-refractivity contribution in [3.63, 3.8) is 0 Å². The molecule has 0 saturated carbocycles. The Balaban J connectivity index is 0.000000713. The van der Waals surface area contributed by atoms with E-state index in [4.69, 9.17) is 21.1 Å². The van der Waals surface area contributed by atoms with E-state index < -0.39 is 23.9 Å². The van der Waals surface area contributed by atoms with E-state index >= 15 is 0 Å². The lowest BCUT2D eigenvalue weighted by atomic mass is 10.1. The van der Waals surface area contributed by atoms with Crippen LogP contribution in [-0.4, -0.2) is 51.3 Å². The normalized spacial score (nSPS) is 11.5. The fourth-order valence-corrected chi connectivity index (χ4v) is 3.49. The van der Waals surface area contributed by atoms with Crippen LogP contribution in [0.5, 0.6) is 0 Å². The Morgan fingerprint density at radius 2 is 1.74 bits per heavy atom. The van der Waals surface area contributed by atoms with Crippen LogP contribution in [0.2, 0.25) is 0 Å². The van der Waals surface area contributed by atoms with Gasteiger partial charge in [-0.15, -0.1) is 0 Å². The summed E-state index contributed by atoms with van der Waals surface area (Å²) in [6.07, 6.45) is 3.67. The quantitative estimate of drug-likeness (QED) is 0.241. The van der Waals surface area contributed by atoms with Gasteiger partial charge in [-0.1, -0.05) is 15.9 Å². The predicted octanol–water partition coefficient (Wildman–Crippen LogP) is 2.80. The Labute approximate surface area is 177 Å². The maximum atomic E-state index is 11.1. The summed E-state index contributed by atoms with van der Waals surface area (Å²) in [6.45, 7) is 0.426. The average Bonchev–Trinajstić information content (AvgIpc) is 2.57. The first-order valence-electron chi connectivity index (χ1n) is 7.40. The van der Waals surface area contributed by atoms with E-state index in [0.717, 1.165) is 20.3 Å². The highest BCUT2D eigenvalue weighted by molar-refractivity contribution is 9.11. The fourth-order valence-electron chi connectivity index (χ4n) is 1.71. The summed E-state index contributed by atoms with van der Waals surface area (Å²) in [7, 11) is 0. The van der Waals surface area contributed by atoms with Gasteiger partial charge in [0.05, 0.1) is 5.69 Å². The lowest BCUT2D eigenvalue weighted by Gasteiger charge is -2.15. The van der Waals surface area contributed by atoms with Crippen LogP contribution in [0.15, 0.2) is 33.2 Å². The number of hydrogen-bond donors (Lipinski definition) is 5. The summed E-state index contributed by atoms with van der Waals surface area (Å²) < 4.78 is 1.70. The van der Waals surface area contributed by atoms with Crippen molar-refractivity contribution in [3.8, 4) is 0 Å². The molecular weight excluding hydrogens is 508 g/mol. The third kappa shape index (κ3) is 11.7. The second-order valence-electron chi connectivity index (χ2n) is 5.02. The van der Waals surface area contributed by atoms with Gasteiger partial charge in [-0.2, -0.15) is 11.8 Å². The molecule has 6 N–H and O–H groups in total. The summed E-state index contributed by atoms with van der Waals surface area (Å²) in [5, 5.41) is 27.8. The highest BCUT2D eigenvalue weighted by atomic mass is 79.9. The van der Waals surface area contributed by atoms with Gasteiger partial charge in [-0.05, 0) is 52.1 Å². The number of nitrogens with two attached hydrogens (primary N) is 1. The molecule has 0 saturated heterocycles. The number of carbonyl (C=O) groups is 3. The first-order chi connectivity index (χ1) is 12.6. The van der Waals surface area contributed by atoms with Gasteiger partial charge in [0.2, 0.25) is 0 Å². The first-order valence-corrected chi connectivity index (χ1v) is 10.4. The minimum atomic E-state index is -1.26. The van der Waals surface area contributed by atoms with E-state index in [1.807, 2.05) is 18.4 Å². The van der Waals surface area contributed by atoms with Crippen LogP contribution in [-0.2, 0) is 20.9 Å². The van der Waals surface area contributed by atoms with Crippen molar-refractivity contribution < 1.29 is 29.7 Å². The molecule has 0 radical (unpaired) electrons. The van der Waals surface area contributed by atoms with Crippen LogP contribution in [0.3, 0.4) is 0 Å². The number of thioether (sulfide) groups is 1. The van der Waals surface area contributed by atoms with Crippen molar-refractivity contribution in [2.75, 3.05) is 17.7 Å². The molecule has 0 aliphatic heterocycles. The zero-order valence-electron chi connectivity index (χ0n) is 14.3. The number of anilines is 1. The van der Waals surface area contributed by atoms with Gasteiger partial charge in [0.1, 0.15) is 6.04 Å². The van der Waals surface area contributed by atoms with Crippen molar-refractivity contribution in [1.29, 1.82) is 0 Å². The number of nitrogens with one attached hydrogen (secondary N) is 1. The summed E-state index contributed by atoms with van der Waals surface area (Å²) in [5.74, 6) is -2.54. The van der Waals surface area contributed by atoms with Gasteiger partial charge in [0.25, 0.3) is 0 Å². The third-order valence-corrected chi connectivity index (χ3v) is 4.75. The van der Waals surface area contributed by atoms with Crippen molar-refractivity contribution >= 4 is 67.2 Å². The monoisotopic (exact) mass is 526 g/mol. The predicted molar refractivity (Wildman–Crippen MR) is 112 cm³/mol. The lowest BCUT2D eigenvalue weighted by molar-refractivity contribution is -0.139. The van der Waals surface area contributed by atoms with Crippen LogP contribution in [0.25, 0.3) is 0 Å². The number of rotatable bonds is 9. The van der Waals surface area contributed by atoms with E-state index in [2.05, 4.69) is 37.2 Å². The molecular formula is C16H20Br2N2O6S. The molecule has 0 bridgehead atoms. The number of halogens is 2. The maximum Gasteiger partial charge on any atom is 0.328 e. The van der Waals surface area contributed by atoms with E-state index in [1.54, 1.807) is 11.8 Å². The van der Waals surface area contributed by atoms with E-state index in [1.165, 1.54) is 0 Å². The molecule has 0 aliphatic carbocycles. The number of hydrogen-bond acceptors (Lipinski definition) is 6. The van der Waals surface area contributed by atoms with Gasteiger partial charge < -0.3 is 26.4 Å². The van der Waals surface area contributed by atoms with Crippen molar-refractivity contribution in [1.82, 2.24) is 5.32 Å². The molecule has 0 spiro atoms. The lowest BCUT2D eigenvalue weighted by Crippen LogP contribution is -2.36. The standard InChI is InChI=1S/C12H16Br2N2O2S.C4H4O4/c1-19-3-2-10(12(17)18)16-6-7-4-8(13)5-9(14)11(7)15;5-3(6)1-2-4(7)8/h4-5,10,16H,2-3,6,15H2,1H3,(H,17,18);1-2H,(H,5,6)(H,7,8)/b;2-1-/t10-;/m0./s1. The van der Waals surface area contributed by atoms with Gasteiger partial charge in [0, 0.05) is 27.6 Å². The van der Waals surface area contributed by atoms with Crippen LogP contribution >= 0.6 is 43.6 Å². The zero-order chi connectivity index (χ0) is 21.0. The number of carboxylic acid groups (broad SMARTS) is 3. The molecule has 0 aliphatic rings. The summed E-state index contributed by atoms with van der Waals surface area (Å²) in [5.41, 5.74) is 7.46. The van der Waals surface area contributed by atoms with E-state index in [-0.39, 0.29) is 0 Å². The molecule has 1 atom stereocenters. The number of aliphatic carboxylic acids is 3. The molecule has 0 aromatic heterocycles. The summed E-state index contributed by atoms with van der Waals surface area (Å²) >= 11 is 8.40. The topological polar surface area (TPSA) is 150 Å². The van der Waals surface area contributed by atoms with Gasteiger partial charge in [0.15, 0.2) is 0 Å². The molecule has 0 heterocycles. The Morgan fingerprint density at radius 1 is 1.19 bits per heavy atom. The van der Waals surface area contributed by atoms with Crippen LogP contribution in [0.4, 0.5) is 5.69 Å². The molecule has 0 amide bonds. The molecule has 8 nitrogen and oxygen atoms in total. The zero-order valence-corrected chi connectivity index (χ0v) is 18.3. The van der Waals surface area contributed by atoms with E-state index in [9.17, 15) is 14.4 Å². The smallest absolute Gasteiger partial charge is 0.328 e. The number of nitrogen functional groups attached to an aromatic ring is 1. The van der Waals surface area contributed by atoms with Crippen molar-refractivity contribution in [3.05, 3.63) is 38.8 Å². The summed E-state index contributed by atoms with van der Waals surface area (Å²) in [6, 6.07) is 3.20. The molecule has 1 aromatic rings. The molecule has 1 aromatic carbocycles. The van der Waals surface area contributed by atoms with Gasteiger partial charge in [-0.25, -0.2) is 9.59 Å². The largest absolute Gasteiger partial charge is 0.480 e. The number of benzene rings is 1. The molecule has 0 unspecified atom stereocenters. The molecule has 11 heteroatoms. The van der Waals surface area contributed by atoms with Crippen molar-refractivity contribution in [2.45, 2.75) is 19.0 Å². The minimum absolute atomic E-state index is 0.426. The Hall–Kier alpha value is -1.56. The van der Waals surface area contributed by atoms with Crippen LogP contribution < -0.4 is 11.1 Å². The van der Waals surface area contributed by atoms with Crippen LogP contribution in [0.1, 0.15) is 12.0 Å².